The van der Waals surface area contributed by atoms with Gasteiger partial charge in [0.05, 0.1) is 23.4 Å². The van der Waals surface area contributed by atoms with Gasteiger partial charge in [-0.15, -0.1) is 10.2 Å². The maximum absolute atomic E-state index is 12.7. The van der Waals surface area contributed by atoms with Gasteiger partial charge in [-0.2, -0.15) is 0 Å². The number of benzene rings is 2. The van der Waals surface area contributed by atoms with Crippen LogP contribution in [0.4, 0.5) is 5.13 Å². The van der Waals surface area contributed by atoms with Crippen molar-refractivity contribution in [3.8, 4) is 16.3 Å². The van der Waals surface area contributed by atoms with Gasteiger partial charge in [-0.1, -0.05) is 42.2 Å². The number of rotatable bonds is 7. The second-order valence-corrected chi connectivity index (χ2v) is 8.37. The quantitative estimate of drug-likeness (QED) is 0.421. The fourth-order valence-electron chi connectivity index (χ4n) is 2.75. The number of para-hydroxylation sites is 2. The summed E-state index contributed by atoms with van der Waals surface area (Å²) in [4.78, 5) is 20.5. The van der Waals surface area contributed by atoms with Crippen LogP contribution in [-0.4, -0.2) is 38.4 Å². The van der Waals surface area contributed by atoms with E-state index >= 15 is 0 Å². The Morgan fingerprint density at radius 3 is 2.72 bits per heavy atom. The number of aromatic nitrogens is 4. The molecule has 1 atom stereocenters. The Balaban J connectivity index is 1.43. The van der Waals surface area contributed by atoms with Gasteiger partial charge in [-0.05, 0) is 42.8 Å². The minimum absolute atomic E-state index is 0.115. The minimum Gasteiger partial charge on any atom is -0.497 e. The summed E-state index contributed by atoms with van der Waals surface area (Å²) in [6, 6.07) is 15.4. The first-order chi connectivity index (χ1) is 14.2. The van der Waals surface area contributed by atoms with Gasteiger partial charge in [-0.3, -0.25) is 10.1 Å². The number of methoxy groups -OCH3 is 1. The van der Waals surface area contributed by atoms with Gasteiger partial charge in [0, 0.05) is 5.56 Å². The SMILES string of the molecule is CCC(Sc1nc2ccccc2[nH]1)C(=O)Nc1nnc(-c2ccc(OC)cc2)s1. The maximum Gasteiger partial charge on any atom is 0.239 e. The predicted octanol–water partition coefficient (Wildman–Crippen LogP) is 4.60. The molecule has 0 aliphatic heterocycles. The first-order valence-electron chi connectivity index (χ1n) is 9.06. The van der Waals surface area contributed by atoms with Crippen LogP contribution in [0.25, 0.3) is 21.6 Å². The maximum atomic E-state index is 12.7. The van der Waals surface area contributed by atoms with E-state index in [1.54, 1.807) is 7.11 Å². The lowest BCUT2D eigenvalue weighted by Crippen LogP contribution is -2.24. The monoisotopic (exact) mass is 425 g/mol. The third kappa shape index (κ3) is 4.41. The van der Waals surface area contributed by atoms with E-state index in [0.29, 0.717) is 11.6 Å². The molecule has 0 saturated carbocycles. The lowest BCUT2D eigenvalue weighted by Gasteiger charge is -2.11. The number of H-pyrrole nitrogens is 1. The predicted molar refractivity (Wildman–Crippen MR) is 117 cm³/mol. The number of hydrogen-bond acceptors (Lipinski definition) is 7. The molecule has 2 aromatic carbocycles. The van der Waals surface area contributed by atoms with E-state index < -0.39 is 0 Å². The number of nitrogens with zero attached hydrogens (tertiary/aromatic N) is 3. The van der Waals surface area contributed by atoms with E-state index in [-0.39, 0.29) is 11.2 Å². The van der Waals surface area contributed by atoms with Crippen molar-refractivity contribution < 1.29 is 9.53 Å². The average molecular weight is 426 g/mol. The van der Waals surface area contributed by atoms with Crippen LogP contribution in [0.15, 0.2) is 53.7 Å². The number of nitrogens with one attached hydrogen (secondary N) is 2. The second kappa shape index (κ2) is 8.62. The molecule has 148 valence electrons. The van der Waals surface area contributed by atoms with Crippen molar-refractivity contribution in [1.29, 1.82) is 0 Å². The van der Waals surface area contributed by atoms with Crippen LogP contribution in [0.5, 0.6) is 5.75 Å². The summed E-state index contributed by atoms with van der Waals surface area (Å²) in [5, 5.41) is 12.8. The molecule has 7 nitrogen and oxygen atoms in total. The number of anilines is 1. The molecule has 2 aromatic heterocycles. The van der Waals surface area contributed by atoms with Crippen molar-refractivity contribution in [2.45, 2.75) is 23.8 Å². The third-order valence-electron chi connectivity index (χ3n) is 4.28. The molecule has 9 heteroatoms. The Bertz CT molecular complexity index is 1090. The summed E-state index contributed by atoms with van der Waals surface area (Å²) in [6.45, 7) is 1.97. The van der Waals surface area contributed by atoms with Crippen molar-refractivity contribution in [2.75, 3.05) is 12.4 Å². The lowest BCUT2D eigenvalue weighted by atomic mass is 10.2. The molecular weight excluding hydrogens is 406 g/mol. The second-order valence-electron chi connectivity index (χ2n) is 6.20. The third-order valence-corrected chi connectivity index (χ3v) is 6.41. The van der Waals surface area contributed by atoms with Crippen LogP contribution in [-0.2, 0) is 4.79 Å². The van der Waals surface area contributed by atoms with Crippen LogP contribution >= 0.6 is 23.1 Å². The number of imidazole rings is 1. The van der Waals surface area contributed by atoms with Crippen LogP contribution in [0.2, 0.25) is 0 Å². The molecule has 0 fully saturated rings. The molecule has 1 amide bonds. The number of amides is 1. The number of ether oxygens (including phenoxy) is 1. The summed E-state index contributed by atoms with van der Waals surface area (Å²) in [7, 11) is 1.63. The molecule has 0 spiro atoms. The molecule has 0 aliphatic carbocycles. The van der Waals surface area contributed by atoms with Gasteiger partial charge in [0.1, 0.15) is 10.8 Å². The molecular formula is C20H19N5O2S2. The number of thioether (sulfide) groups is 1. The molecule has 0 aliphatic rings. The van der Waals surface area contributed by atoms with Crippen molar-refractivity contribution in [1.82, 2.24) is 20.2 Å². The van der Waals surface area contributed by atoms with Crippen molar-refractivity contribution in [2.24, 2.45) is 0 Å². The normalized spacial score (nSPS) is 12.1. The van der Waals surface area contributed by atoms with Crippen LogP contribution in [0, 0.1) is 0 Å². The first kappa shape index (κ1) is 19.4. The highest BCUT2D eigenvalue weighted by atomic mass is 32.2. The highest BCUT2D eigenvalue weighted by Crippen LogP contribution is 2.30. The zero-order valence-electron chi connectivity index (χ0n) is 15.9. The van der Waals surface area contributed by atoms with E-state index in [4.69, 9.17) is 4.74 Å². The zero-order valence-corrected chi connectivity index (χ0v) is 17.5. The fraction of sp³-hybridized carbons (Fsp3) is 0.200. The van der Waals surface area contributed by atoms with Gasteiger partial charge in [0.2, 0.25) is 11.0 Å². The van der Waals surface area contributed by atoms with E-state index in [2.05, 4.69) is 25.5 Å². The van der Waals surface area contributed by atoms with Crippen molar-refractivity contribution in [3.63, 3.8) is 0 Å². The van der Waals surface area contributed by atoms with Crippen molar-refractivity contribution in [3.05, 3.63) is 48.5 Å². The zero-order chi connectivity index (χ0) is 20.2. The number of hydrogen-bond donors (Lipinski definition) is 2. The lowest BCUT2D eigenvalue weighted by molar-refractivity contribution is -0.115. The van der Waals surface area contributed by atoms with Crippen molar-refractivity contribution >= 4 is 45.2 Å². The Labute approximate surface area is 175 Å². The van der Waals surface area contributed by atoms with Gasteiger partial charge in [0.15, 0.2) is 5.16 Å². The summed E-state index contributed by atoms with van der Waals surface area (Å²) in [6.07, 6.45) is 0.664. The van der Waals surface area contributed by atoms with E-state index in [9.17, 15) is 4.79 Å². The minimum atomic E-state index is -0.288. The van der Waals surface area contributed by atoms with E-state index in [0.717, 1.165) is 32.5 Å². The fourth-order valence-corrected chi connectivity index (χ4v) is 4.43. The smallest absolute Gasteiger partial charge is 0.239 e. The molecule has 1 unspecified atom stereocenters. The largest absolute Gasteiger partial charge is 0.497 e. The van der Waals surface area contributed by atoms with Gasteiger partial charge >= 0.3 is 0 Å². The van der Waals surface area contributed by atoms with E-state index in [1.165, 1.54) is 23.1 Å². The van der Waals surface area contributed by atoms with Crippen LogP contribution in [0.1, 0.15) is 13.3 Å². The standard InChI is InChI=1S/C20H19N5O2S2/c1-3-16(28-19-21-14-6-4-5-7-15(14)22-19)17(26)23-20-25-24-18(29-20)12-8-10-13(27-2)11-9-12/h4-11,16H,3H2,1-2H3,(H,21,22)(H,23,25,26). The molecule has 2 heterocycles. The highest BCUT2D eigenvalue weighted by molar-refractivity contribution is 8.00. The molecule has 2 N–H and O–H groups in total. The summed E-state index contributed by atoms with van der Waals surface area (Å²) in [5.41, 5.74) is 2.77. The molecule has 4 rings (SSSR count). The number of carbonyl (C=O) groups excluding carboxylic acids is 1. The molecule has 0 radical (unpaired) electrons. The number of fused-ring (bicyclic) bond motifs is 1. The molecule has 0 bridgehead atoms. The summed E-state index contributed by atoms with van der Waals surface area (Å²) < 4.78 is 5.17. The first-order valence-corrected chi connectivity index (χ1v) is 10.8. The number of carbonyl (C=O) groups is 1. The summed E-state index contributed by atoms with van der Waals surface area (Å²) >= 11 is 2.75. The average Bonchev–Trinajstić information content (AvgIpc) is 3.38. The molecule has 29 heavy (non-hydrogen) atoms. The topological polar surface area (TPSA) is 92.8 Å². The Kier molecular flexibility index (Phi) is 5.77. The van der Waals surface area contributed by atoms with Gasteiger partial charge < -0.3 is 9.72 Å². The van der Waals surface area contributed by atoms with Gasteiger partial charge in [0.25, 0.3) is 0 Å². The van der Waals surface area contributed by atoms with Gasteiger partial charge in [-0.25, -0.2) is 4.98 Å². The van der Waals surface area contributed by atoms with Crippen LogP contribution in [0.3, 0.4) is 0 Å². The Morgan fingerprint density at radius 2 is 2.00 bits per heavy atom. The summed E-state index contributed by atoms with van der Waals surface area (Å²) in [5.74, 6) is 0.663. The number of aromatic amines is 1. The molecule has 0 saturated heterocycles. The van der Waals surface area contributed by atoms with E-state index in [1.807, 2.05) is 55.5 Å². The highest BCUT2D eigenvalue weighted by Gasteiger charge is 2.21. The Morgan fingerprint density at radius 1 is 1.21 bits per heavy atom. The van der Waals surface area contributed by atoms with Crippen LogP contribution < -0.4 is 10.1 Å². The Hall–Kier alpha value is -2.91. The molecule has 4 aromatic rings.